The fraction of sp³-hybridized carbons (Fsp3) is 0.350. The van der Waals surface area contributed by atoms with Crippen LogP contribution in [-0.4, -0.2) is 22.8 Å². The zero-order chi connectivity index (χ0) is 17.8. The molecule has 0 bridgehead atoms. The molecule has 130 valence electrons. The van der Waals surface area contributed by atoms with E-state index in [1.807, 2.05) is 0 Å². The van der Waals surface area contributed by atoms with Gasteiger partial charge in [0.15, 0.2) is 0 Å². The van der Waals surface area contributed by atoms with Crippen molar-refractivity contribution in [3.8, 4) is 11.3 Å². The molecule has 5 heteroatoms. The highest BCUT2D eigenvalue weighted by Gasteiger charge is 2.20. The van der Waals surface area contributed by atoms with Crippen LogP contribution in [0.4, 0.5) is 0 Å². The SMILES string of the molecule is CC1CCC(NC(=O)c2ccc(-c3ncccc3C(N)=O)cc2)CC1. The molecule has 1 aliphatic rings. The predicted molar refractivity (Wildman–Crippen MR) is 97.1 cm³/mol. The molecule has 3 N–H and O–H groups in total. The number of nitrogens with two attached hydrogens (primary N) is 1. The minimum Gasteiger partial charge on any atom is -0.366 e. The first kappa shape index (κ1) is 17.1. The molecule has 5 nitrogen and oxygen atoms in total. The van der Waals surface area contributed by atoms with E-state index >= 15 is 0 Å². The molecule has 2 amide bonds. The van der Waals surface area contributed by atoms with Gasteiger partial charge in [0, 0.05) is 23.4 Å². The zero-order valence-corrected chi connectivity index (χ0v) is 14.4. The Bertz CT molecular complexity index is 763. The molecule has 25 heavy (non-hydrogen) atoms. The van der Waals surface area contributed by atoms with E-state index in [-0.39, 0.29) is 11.9 Å². The number of benzene rings is 1. The molecule has 1 saturated carbocycles. The highest BCUT2D eigenvalue weighted by Crippen LogP contribution is 2.24. The normalized spacial score (nSPS) is 20.0. The molecule has 3 rings (SSSR count). The number of amides is 2. The molecule has 1 aliphatic carbocycles. The van der Waals surface area contributed by atoms with Gasteiger partial charge in [-0.25, -0.2) is 0 Å². The van der Waals surface area contributed by atoms with E-state index in [1.165, 1.54) is 12.8 Å². The van der Waals surface area contributed by atoms with Gasteiger partial charge in [-0.15, -0.1) is 0 Å². The number of carbonyl (C=O) groups is 2. The summed E-state index contributed by atoms with van der Waals surface area (Å²) in [7, 11) is 0. The van der Waals surface area contributed by atoms with Crippen LogP contribution in [0.3, 0.4) is 0 Å². The topological polar surface area (TPSA) is 85.1 Å². The van der Waals surface area contributed by atoms with Crippen LogP contribution in [0.25, 0.3) is 11.3 Å². The number of aromatic nitrogens is 1. The Morgan fingerprint density at radius 2 is 1.76 bits per heavy atom. The molecule has 1 heterocycles. The van der Waals surface area contributed by atoms with Gasteiger partial charge < -0.3 is 11.1 Å². The molecular formula is C20H23N3O2. The predicted octanol–water partition coefficient (Wildman–Crippen LogP) is 3.16. The molecule has 0 saturated heterocycles. The van der Waals surface area contributed by atoms with E-state index in [0.29, 0.717) is 16.8 Å². The second-order valence-corrected chi connectivity index (χ2v) is 6.77. The number of hydrogen-bond acceptors (Lipinski definition) is 3. The van der Waals surface area contributed by atoms with Gasteiger partial charge in [0.1, 0.15) is 0 Å². The van der Waals surface area contributed by atoms with Gasteiger partial charge in [-0.3, -0.25) is 14.6 Å². The minimum absolute atomic E-state index is 0.0535. The zero-order valence-electron chi connectivity index (χ0n) is 14.4. The Morgan fingerprint density at radius 1 is 1.08 bits per heavy atom. The summed E-state index contributed by atoms with van der Waals surface area (Å²) in [4.78, 5) is 28.2. The monoisotopic (exact) mass is 337 g/mol. The van der Waals surface area contributed by atoms with Crippen molar-refractivity contribution < 1.29 is 9.59 Å². The second kappa shape index (κ2) is 7.47. The maximum absolute atomic E-state index is 12.4. The van der Waals surface area contributed by atoms with Crippen molar-refractivity contribution in [1.82, 2.24) is 10.3 Å². The summed E-state index contributed by atoms with van der Waals surface area (Å²) in [6, 6.07) is 10.7. The molecule has 1 fully saturated rings. The van der Waals surface area contributed by atoms with Gasteiger partial charge in [-0.2, -0.15) is 0 Å². The van der Waals surface area contributed by atoms with Crippen molar-refractivity contribution >= 4 is 11.8 Å². The molecule has 0 unspecified atom stereocenters. The van der Waals surface area contributed by atoms with Crippen LogP contribution >= 0.6 is 0 Å². The summed E-state index contributed by atoms with van der Waals surface area (Å²) in [5, 5.41) is 3.12. The molecule has 0 radical (unpaired) electrons. The molecule has 0 spiro atoms. The Hall–Kier alpha value is -2.69. The van der Waals surface area contributed by atoms with E-state index < -0.39 is 5.91 Å². The second-order valence-electron chi connectivity index (χ2n) is 6.77. The van der Waals surface area contributed by atoms with E-state index in [1.54, 1.807) is 42.6 Å². The van der Waals surface area contributed by atoms with Gasteiger partial charge >= 0.3 is 0 Å². The number of nitrogens with zero attached hydrogens (tertiary/aromatic N) is 1. The highest BCUT2D eigenvalue weighted by atomic mass is 16.2. The molecular weight excluding hydrogens is 314 g/mol. The van der Waals surface area contributed by atoms with Crippen LogP contribution in [0.5, 0.6) is 0 Å². The summed E-state index contributed by atoms with van der Waals surface area (Å²) < 4.78 is 0. The Kier molecular flexibility index (Phi) is 5.12. The first-order chi connectivity index (χ1) is 12.0. The van der Waals surface area contributed by atoms with E-state index in [2.05, 4.69) is 17.2 Å². The molecule has 0 atom stereocenters. The van der Waals surface area contributed by atoms with Crippen molar-refractivity contribution in [3.63, 3.8) is 0 Å². The fourth-order valence-corrected chi connectivity index (χ4v) is 3.29. The smallest absolute Gasteiger partial charge is 0.251 e. The number of rotatable bonds is 4. The first-order valence-corrected chi connectivity index (χ1v) is 8.70. The largest absolute Gasteiger partial charge is 0.366 e. The van der Waals surface area contributed by atoms with Gasteiger partial charge in [0.2, 0.25) is 0 Å². The summed E-state index contributed by atoms with van der Waals surface area (Å²) in [5.74, 6) is 0.184. The quantitative estimate of drug-likeness (QED) is 0.898. The lowest BCUT2D eigenvalue weighted by Gasteiger charge is -2.26. The maximum Gasteiger partial charge on any atom is 0.251 e. The number of carbonyl (C=O) groups excluding carboxylic acids is 2. The summed E-state index contributed by atoms with van der Waals surface area (Å²) in [6.45, 7) is 2.26. The third-order valence-corrected chi connectivity index (χ3v) is 4.84. The third kappa shape index (κ3) is 4.05. The number of primary amides is 1. The van der Waals surface area contributed by atoms with Crippen molar-refractivity contribution in [2.45, 2.75) is 38.6 Å². The Morgan fingerprint density at radius 3 is 2.40 bits per heavy atom. The molecule has 1 aromatic heterocycles. The fourth-order valence-electron chi connectivity index (χ4n) is 3.29. The Labute approximate surface area is 147 Å². The maximum atomic E-state index is 12.4. The average molecular weight is 337 g/mol. The van der Waals surface area contributed by atoms with Gasteiger partial charge in [0.25, 0.3) is 11.8 Å². The van der Waals surface area contributed by atoms with Crippen LogP contribution in [0.1, 0.15) is 53.3 Å². The van der Waals surface area contributed by atoms with Crippen molar-refractivity contribution in [2.75, 3.05) is 0 Å². The number of nitrogens with one attached hydrogen (secondary N) is 1. The molecule has 0 aliphatic heterocycles. The van der Waals surface area contributed by atoms with E-state index in [0.717, 1.165) is 24.3 Å². The highest BCUT2D eigenvalue weighted by molar-refractivity contribution is 5.99. The van der Waals surface area contributed by atoms with Gasteiger partial charge in [-0.1, -0.05) is 19.1 Å². The lowest BCUT2D eigenvalue weighted by molar-refractivity contribution is 0.0922. The van der Waals surface area contributed by atoms with Crippen LogP contribution in [-0.2, 0) is 0 Å². The van der Waals surface area contributed by atoms with Gasteiger partial charge in [-0.05, 0) is 55.9 Å². The van der Waals surface area contributed by atoms with Crippen LogP contribution < -0.4 is 11.1 Å². The summed E-state index contributed by atoms with van der Waals surface area (Å²) >= 11 is 0. The molecule has 1 aromatic carbocycles. The van der Waals surface area contributed by atoms with Crippen molar-refractivity contribution in [2.24, 2.45) is 11.7 Å². The Balaban J connectivity index is 1.72. The van der Waals surface area contributed by atoms with Crippen molar-refractivity contribution in [1.29, 1.82) is 0 Å². The standard InChI is InChI=1S/C20H23N3O2/c1-13-4-10-16(11-5-13)23-20(25)15-8-6-14(7-9-15)18-17(19(21)24)3-2-12-22-18/h2-3,6-9,12-13,16H,4-5,10-11H2,1H3,(H2,21,24)(H,23,25). The van der Waals surface area contributed by atoms with Crippen molar-refractivity contribution in [3.05, 3.63) is 53.7 Å². The minimum atomic E-state index is -0.517. The lowest BCUT2D eigenvalue weighted by Crippen LogP contribution is -2.37. The first-order valence-electron chi connectivity index (χ1n) is 8.70. The third-order valence-electron chi connectivity index (χ3n) is 4.84. The summed E-state index contributed by atoms with van der Waals surface area (Å²) in [6.07, 6.45) is 6.03. The molecule has 2 aromatic rings. The number of hydrogen-bond donors (Lipinski definition) is 2. The summed E-state index contributed by atoms with van der Waals surface area (Å²) in [5.41, 5.74) is 7.67. The van der Waals surface area contributed by atoms with E-state index in [4.69, 9.17) is 5.73 Å². The van der Waals surface area contributed by atoms with E-state index in [9.17, 15) is 9.59 Å². The van der Waals surface area contributed by atoms with Gasteiger partial charge in [0.05, 0.1) is 11.3 Å². The van der Waals surface area contributed by atoms with Crippen LogP contribution in [0.15, 0.2) is 42.6 Å². The average Bonchev–Trinajstić information content (AvgIpc) is 2.63. The van der Waals surface area contributed by atoms with Crippen LogP contribution in [0, 0.1) is 5.92 Å². The van der Waals surface area contributed by atoms with Crippen LogP contribution in [0.2, 0.25) is 0 Å². The number of pyridine rings is 1. The lowest BCUT2D eigenvalue weighted by atomic mass is 9.87.